The Morgan fingerprint density at radius 1 is 1.47 bits per heavy atom. The van der Waals surface area contributed by atoms with Gasteiger partial charge < -0.3 is 9.64 Å². The van der Waals surface area contributed by atoms with Crippen molar-refractivity contribution in [2.45, 2.75) is 32.7 Å². The smallest absolute Gasteiger partial charge is 0.149 e. The van der Waals surface area contributed by atoms with E-state index in [4.69, 9.17) is 21.6 Å². The third-order valence-corrected chi connectivity index (χ3v) is 3.56. The Balaban J connectivity index is 3.13. The third kappa shape index (κ3) is 3.82. The lowest BCUT2D eigenvalue weighted by Gasteiger charge is -2.32. The SMILES string of the molecule is CCC(CC)N(CCOC)c1nccc(C#N)c1Cl. The largest absolute Gasteiger partial charge is 0.383 e. The van der Waals surface area contributed by atoms with Gasteiger partial charge in [0.15, 0.2) is 0 Å². The summed E-state index contributed by atoms with van der Waals surface area (Å²) in [5, 5.41) is 9.47. The van der Waals surface area contributed by atoms with Crippen molar-refractivity contribution >= 4 is 17.4 Å². The van der Waals surface area contributed by atoms with Crippen LogP contribution in [0, 0.1) is 11.3 Å². The first kappa shape index (κ1) is 15.7. The number of halogens is 1. The molecule has 1 rings (SSSR count). The maximum Gasteiger partial charge on any atom is 0.149 e. The van der Waals surface area contributed by atoms with E-state index in [0.717, 1.165) is 12.8 Å². The number of nitriles is 1. The zero-order valence-corrected chi connectivity index (χ0v) is 12.4. The van der Waals surface area contributed by atoms with Crippen LogP contribution in [0.3, 0.4) is 0 Å². The van der Waals surface area contributed by atoms with Crippen molar-refractivity contribution in [1.29, 1.82) is 5.26 Å². The summed E-state index contributed by atoms with van der Waals surface area (Å²) in [6.45, 7) is 5.59. The van der Waals surface area contributed by atoms with E-state index in [1.165, 1.54) is 0 Å². The number of methoxy groups -OCH3 is 1. The van der Waals surface area contributed by atoms with Crippen LogP contribution in [0.5, 0.6) is 0 Å². The summed E-state index contributed by atoms with van der Waals surface area (Å²) in [5.41, 5.74) is 0.458. The summed E-state index contributed by atoms with van der Waals surface area (Å²) in [4.78, 5) is 6.48. The fourth-order valence-electron chi connectivity index (χ4n) is 2.10. The molecule has 104 valence electrons. The van der Waals surface area contributed by atoms with Crippen LogP contribution in [0.2, 0.25) is 5.02 Å². The minimum atomic E-state index is 0.342. The molecule has 1 aromatic rings. The van der Waals surface area contributed by atoms with Crippen LogP contribution >= 0.6 is 11.6 Å². The second-order valence-corrected chi connectivity index (χ2v) is 4.64. The minimum absolute atomic E-state index is 0.342. The lowest BCUT2D eigenvalue weighted by atomic mass is 10.1. The van der Waals surface area contributed by atoms with E-state index in [1.807, 2.05) is 0 Å². The molecule has 0 spiro atoms. The molecule has 0 aliphatic rings. The molecule has 0 fully saturated rings. The standard InChI is InChI=1S/C14H20ClN3O/c1-4-12(5-2)18(8-9-19-3)14-13(15)11(10-16)6-7-17-14/h6-7,12H,4-5,8-9H2,1-3H3. The predicted molar refractivity (Wildman–Crippen MR) is 77.6 cm³/mol. The molecule has 0 unspecified atom stereocenters. The Labute approximate surface area is 120 Å². The number of hydrogen-bond acceptors (Lipinski definition) is 4. The van der Waals surface area contributed by atoms with Gasteiger partial charge in [0.1, 0.15) is 16.9 Å². The van der Waals surface area contributed by atoms with Gasteiger partial charge in [-0.15, -0.1) is 0 Å². The lowest BCUT2D eigenvalue weighted by Crippen LogP contribution is -2.38. The van der Waals surface area contributed by atoms with Crippen LogP contribution in [0.4, 0.5) is 5.82 Å². The van der Waals surface area contributed by atoms with Gasteiger partial charge in [-0.25, -0.2) is 4.98 Å². The highest BCUT2D eigenvalue weighted by Crippen LogP contribution is 2.29. The van der Waals surface area contributed by atoms with Crippen molar-refractivity contribution in [3.63, 3.8) is 0 Å². The maximum atomic E-state index is 9.05. The fourth-order valence-corrected chi connectivity index (χ4v) is 2.36. The van der Waals surface area contributed by atoms with E-state index in [2.05, 4.69) is 29.8 Å². The molecule has 0 amide bonds. The Bertz CT molecular complexity index is 441. The van der Waals surface area contributed by atoms with Crippen molar-refractivity contribution < 1.29 is 4.74 Å². The van der Waals surface area contributed by atoms with Gasteiger partial charge in [0.25, 0.3) is 0 Å². The average Bonchev–Trinajstić information content (AvgIpc) is 2.44. The molecule has 19 heavy (non-hydrogen) atoms. The quantitative estimate of drug-likeness (QED) is 0.770. The number of ether oxygens (including phenoxy) is 1. The second kappa shape index (κ2) is 7.98. The highest BCUT2D eigenvalue weighted by atomic mass is 35.5. The number of hydrogen-bond donors (Lipinski definition) is 0. The van der Waals surface area contributed by atoms with Crippen LogP contribution in [0.25, 0.3) is 0 Å². The lowest BCUT2D eigenvalue weighted by molar-refractivity contribution is 0.202. The van der Waals surface area contributed by atoms with Gasteiger partial charge in [-0.3, -0.25) is 0 Å². The number of anilines is 1. The molecule has 0 N–H and O–H groups in total. The van der Waals surface area contributed by atoms with Crippen LogP contribution < -0.4 is 4.90 Å². The van der Waals surface area contributed by atoms with Crippen molar-refractivity contribution in [2.24, 2.45) is 0 Å². The van der Waals surface area contributed by atoms with Crippen LogP contribution in [-0.2, 0) is 4.74 Å². The van der Waals surface area contributed by atoms with E-state index in [9.17, 15) is 0 Å². The topological polar surface area (TPSA) is 49.1 Å². The predicted octanol–water partition coefficient (Wildman–Crippen LogP) is 3.25. The molecule has 0 aliphatic heterocycles. The van der Waals surface area contributed by atoms with Gasteiger partial charge in [0.2, 0.25) is 0 Å². The number of aromatic nitrogens is 1. The highest BCUT2D eigenvalue weighted by molar-refractivity contribution is 6.34. The van der Waals surface area contributed by atoms with E-state index >= 15 is 0 Å². The number of nitrogens with zero attached hydrogens (tertiary/aromatic N) is 3. The summed E-state index contributed by atoms with van der Waals surface area (Å²) < 4.78 is 5.15. The summed E-state index contributed by atoms with van der Waals surface area (Å²) in [7, 11) is 1.67. The van der Waals surface area contributed by atoms with Crippen LogP contribution in [0.15, 0.2) is 12.3 Å². The van der Waals surface area contributed by atoms with Crippen molar-refractivity contribution in [2.75, 3.05) is 25.2 Å². The minimum Gasteiger partial charge on any atom is -0.383 e. The van der Waals surface area contributed by atoms with Gasteiger partial charge in [0.05, 0.1) is 12.2 Å². The maximum absolute atomic E-state index is 9.05. The van der Waals surface area contributed by atoms with Gasteiger partial charge >= 0.3 is 0 Å². The average molecular weight is 282 g/mol. The Morgan fingerprint density at radius 3 is 2.68 bits per heavy atom. The molecule has 0 saturated carbocycles. The highest BCUT2D eigenvalue weighted by Gasteiger charge is 2.20. The Morgan fingerprint density at radius 2 is 2.16 bits per heavy atom. The molecule has 5 heteroatoms. The van der Waals surface area contributed by atoms with Crippen molar-refractivity contribution in [3.8, 4) is 6.07 Å². The summed E-state index contributed by atoms with van der Waals surface area (Å²) >= 11 is 6.27. The summed E-state index contributed by atoms with van der Waals surface area (Å²) in [6.07, 6.45) is 3.62. The molecule has 0 radical (unpaired) electrons. The van der Waals surface area contributed by atoms with Crippen LogP contribution in [0.1, 0.15) is 32.3 Å². The van der Waals surface area contributed by atoms with Gasteiger partial charge in [-0.05, 0) is 18.9 Å². The van der Waals surface area contributed by atoms with E-state index in [0.29, 0.717) is 35.6 Å². The number of rotatable bonds is 7. The summed E-state index contributed by atoms with van der Waals surface area (Å²) in [6, 6.07) is 4.07. The molecule has 0 atom stereocenters. The normalized spacial score (nSPS) is 10.5. The fraction of sp³-hybridized carbons (Fsp3) is 0.571. The Hall–Kier alpha value is -1.31. The molecule has 1 heterocycles. The van der Waals surface area contributed by atoms with Gasteiger partial charge in [-0.1, -0.05) is 25.4 Å². The molecular formula is C14H20ClN3O. The number of pyridine rings is 1. The Kier molecular flexibility index (Phi) is 6.61. The molecular weight excluding hydrogens is 262 g/mol. The van der Waals surface area contributed by atoms with E-state index < -0.39 is 0 Å². The molecule has 0 saturated heterocycles. The first-order chi connectivity index (χ1) is 9.19. The molecule has 0 aromatic carbocycles. The summed E-state index contributed by atoms with van der Waals surface area (Å²) in [5.74, 6) is 0.673. The van der Waals surface area contributed by atoms with E-state index in [1.54, 1.807) is 19.4 Å². The monoisotopic (exact) mass is 281 g/mol. The van der Waals surface area contributed by atoms with Crippen molar-refractivity contribution in [3.05, 3.63) is 22.8 Å². The second-order valence-electron chi connectivity index (χ2n) is 4.26. The van der Waals surface area contributed by atoms with E-state index in [-0.39, 0.29) is 0 Å². The molecule has 4 nitrogen and oxygen atoms in total. The third-order valence-electron chi connectivity index (χ3n) is 3.18. The van der Waals surface area contributed by atoms with Gasteiger partial charge in [-0.2, -0.15) is 5.26 Å². The first-order valence-electron chi connectivity index (χ1n) is 6.49. The van der Waals surface area contributed by atoms with Crippen molar-refractivity contribution in [1.82, 2.24) is 4.98 Å². The van der Waals surface area contributed by atoms with Crippen LogP contribution in [-0.4, -0.2) is 31.3 Å². The zero-order valence-electron chi connectivity index (χ0n) is 11.7. The zero-order chi connectivity index (χ0) is 14.3. The molecule has 0 bridgehead atoms. The van der Waals surface area contributed by atoms with Gasteiger partial charge in [0, 0.05) is 25.9 Å². The molecule has 1 aromatic heterocycles. The first-order valence-corrected chi connectivity index (χ1v) is 6.87. The molecule has 0 aliphatic carbocycles.